The molecule has 4 N–H and O–H groups in total. The molecule has 1 aliphatic rings. The number of allylic oxidation sites excluding steroid dienone is 12. The minimum atomic E-state index is -1.61. The van der Waals surface area contributed by atoms with Gasteiger partial charge in [-0.15, -0.1) is 0 Å². The third kappa shape index (κ3) is 35.9. The molecule has 0 aromatic rings. The number of ether oxygens (including phenoxy) is 4. The predicted octanol–water partition coefficient (Wildman–Crippen LogP) is 12.3. The summed E-state index contributed by atoms with van der Waals surface area (Å²) in [6, 6.07) is 0. The van der Waals surface area contributed by atoms with E-state index >= 15 is 0 Å². The quantitative estimate of drug-likeness (QED) is 0.0264. The zero-order valence-corrected chi connectivity index (χ0v) is 41.0. The maximum absolute atomic E-state index is 12.8. The Hall–Kier alpha value is -2.86. The van der Waals surface area contributed by atoms with Crippen molar-refractivity contribution in [3.8, 4) is 0 Å². The lowest BCUT2D eigenvalue weighted by atomic mass is 9.99. The van der Waals surface area contributed by atoms with E-state index in [1.165, 1.54) is 122 Å². The van der Waals surface area contributed by atoms with E-state index in [0.717, 1.165) is 44.9 Å². The summed E-state index contributed by atoms with van der Waals surface area (Å²) in [7, 11) is 0. The van der Waals surface area contributed by atoms with Crippen molar-refractivity contribution in [1.82, 2.24) is 0 Å². The molecule has 2 unspecified atom stereocenters. The number of carbonyl (C=O) groups is 2. The monoisotopic (exact) mass is 915 g/mol. The maximum Gasteiger partial charge on any atom is 0.306 e. The molecule has 65 heavy (non-hydrogen) atoms. The van der Waals surface area contributed by atoms with E-state index in [0.29, 0.717) is 12.8 Å². The highest BCUT2D eigenvalue weighted by Crippen LogP contribution is 2.23. The molecule has 10 nitrogen and oxygen atoms in total. The van der Waals surface area contributed by atoms with Gasteiger partial charge in [0.25, 0.3) is 0 Å². The number of carbonyl (C=O) groups excluding carboxylic acids is 2. The van der Waals surface area contributed by atoms with Gasteiger partial charge in [0, 0.05) is 12.8 Å². The van der Waals surface area contributed by atoms with Crippen LogP contribution in [0.1, 0.15) is 206 Å². The van der Waals surface area contributed by atoms with Crippen molar-refractivity contribution in [1.29, 1.82) is 0 Å². The predicted molar refractivity (Wildman–Crippen MR) is 265 cm³/mol. The van der Waals surface area contributed by atoms with Crippen LogP contribution in [-0.2, 0) is 28.5 Å². The Labute approximate surface area is 395 Å². The van der Waals surface area contributed by atoms with Crippen molar-refractivity contribution in [2.75, 3.05) is 19.8 Å². The fourth-order valence-electron chi connectivity index (χ4n) is 7.46. The average molecular weight is 915 g/mol. The third-order valence-corrected chi connectivity index (χ3v) is 11.6. The zero-order chi connectivity index (χ0) is 47.3. The summed E-state index contributed by atoms with van der Waals surface area (Å²) in [5.74, 6) is -0.903. The van der Waals surface area contributed by atoms with Crippen LogP contribution in [0.25, 0.3) is 0 Å². The van der Waals surface area contributed by atoms with Crippen molar-refractivity contribution in [3.05, 3.63) is 72.9 Å². The molecule has 0 radical (unpaired) electrons. The van der Waals surface area contributed by atoms with Crippen LogP contribution in [0.2, 0.25) is 0 Å². The lowest BCUT2D eigenvalue weighted by molar-refractivity contribution is -0.305. The van der Waals surface area contributed by atoms with Gasteiger partial charge in [-0.3, -0.25) is 9.59 Å². The largest absolute Gasteiger partial charge is 0.462 e. The SMILES string of the molecule is CCCCC/C=C/C/C=C/C/C=C/C/C=C/C/C=C/CCC(=O)O[C@@H](COC(=O)CCCCCCCCCCCCC/C=C/CCCCCCCC)CO[C@H]1O[C@@H](CO)[C@@H](O)C(O)C1O. The topological polar surface area (TPSA) is 152 Å². The third-order valence-electron chi connectivity index (χ3n) is 11.6. The first-order valence-electron chi connectivity index (χ1n) is 26.0. The number of unbranched alkanes of at least 4 members (excludes halogenated alkanes) is 20. The molecule has 374 valence electrons. The Bertz CT molecular complexity index is 1290. The number of esters is 2. The standard InChI is InChI=1S/C55H94O10/c1-3-5-7-9-11-13-15-17-19-21-23-24-26-27-29-31-33-35-37-39-41-43-50(57)62-46-48(47-63-55-54(61)53(60)52(59)49(45-56)65-55)64-51(58)44-42-40-38-36-34-32-30-28-25-22-20-18-16-14-12-10-8-6-4-2/h12,14,17-20,25,28,32,34,38,40,48-49,52-56,59-61H,3-11,13,15-16,21-24,26-27,29-31,33,35-37,39,41-47H2,1-2H3/b14-12+,19-17+,20-18+,28-25+,34-32+,40-38+/t48-,49-,52+,53?,54?,55-/m0/s1. The Morgan fingerprint density at radius 3 is 1.40 bits per heavy atom. The number of aliphatic hydroxyl groups excluding tert-OH is 4. The molecule has 1 heterocycles. The number of hydrogen-bond acceptors (Lipinski definition) is 10. The van der Waals surface area contributed by atoms with Gasteiger partial charge in [0.15, 0.2) is 12.4 Å². The molecule has 10 heteroatoms. The second-order valence-corrected chi connectivity index (χ2v) is 17.6. The first-order valence-corrected chi connectivity index (χ1v) is 26.0. The molecular weight excluding hydrogens is 821 g/mol. The van der Waals surface area contributed by atoms with Crippen molar-refractivity contribution in [2.24, 2.45) is 0 Å². The Balaban J connectivity index is 2.31. The Morgan fingerprint density at radius 2 is 0.892 bits per heavy atom. The van der Waals surface area contributed by atoms with Crippen LogP contribution in [0.4, 0.5) is 0 Å². The van der Waals surface area contributed by atoms with Crippen LogP contribution in [0.3, 0.4) is 0 Å². The van der Waals surface area contributed by atoms with E-state index in [2.05, 4.69) is 74.6 Å². The van der Waals surface area contributed by atoms with Crippen molar-refractivity contribution in [2.45, 2.75) is 243 Å². The highest BCUT2D eigenvalue weighted by molar-refractivity contribution is 5.70. The molecule has 6 atom stereocenters. The molecule has 0 bridgehead atoms. The van der Waals surface area contributed by atoms with E-state index < -0.39 is 55.4 Å². The van der Waals surface area contributed by atoms with Gasteiger partial charge in [0.2, 0.25) is 0 Å². The van der Waals surface area contributed by atoms with Crippen LogP contribution in [0.5, 0.6) is 0 Å². The van der Waals surface area contributed by atoms with Gasteiger partial charge >= 0.3 is 11.9 Å². The highest BCUT2D eigenvalue weighted by Gasteiger charge is 2.44. The molecule has 1 rings (SSSR count). The van der Waals surface area contributed by atoms with Gasteiger partial charge in [0.1, 0.15) is 31.0 Å². The first-order chi connectivity index (χ1) is 31.8. The summed E-state index contributed by atoms with van der Waals surface area (Å²) in [5, 5.41) is 40.2. The minimum absolute atomic E-state index is 0.104. The minimum Gasteiger partial charge on any atom is -0.462 e. The van der Waals surface area contributed by atoms with Crippen LogP contribution < -0.4 is 0 Å². The average Bonchev–Trinajstić information content (AvgIpc) is 3.30. The second-order valence-electron chi connectivity index (χ2n) is 17.6. The highest BCUT2D eigenvalue weighted by atomic mass is 16.7. The summed E-state index contributed by atoms with van der Waals surface area (Å²) in [6.45, 7) is 3.33. The molecule has 1 aliphatic heterocycles. The van der Waals surface area contributed by atoms with Gasteiger partial charge < -0.3 is 39.4 Å². The summed E-state index contributed by atoms with van der Waals surface area (Å²) in [5.41, 5.74) is 0. The van der Waals surface area contributed by atoms with E-state index in [4.69, 9.17) is 18.9 Å². The zero-order valence-electron chi connectivity index (χ0n) is 41.0. The summed E-state index contributed by atoms with van der Waals surface area (Å²) in [6.07, 6.45) is 50.6. The van der Waals surface area contributed by atoms with Crippen molar-refractivity contribution in [3.63, 3.8) is 0 Å². The van der Waals surface area contributed by atoms with Gasteiger partial charge in [0.05, 0.1) is 13.2 Å². The fourth-order valence-corrected chi connectivity index (χ4v) is 7.46. The molecule has 0 aromatic carbocycles. The van der Waals surface area contributed by atoms with Gasteiger partial charge in [-0.25, -0.2) is 0 Å². The number of aliphatic hydroxyl groups is 4. The Morgan fingerprint density at radius 1 is 0.477 bits per heavy atom. The normalized spacial score (nSPS) is 19.9. The van der Waals surface area contributed by atoms with Crippen LogP contribution >= 0.6 is 0 Å². The maximum atomic E-state index is 12.8. The lowest BCUT2D eigenvalue weighted by Gasteiger charge is -2.39. The molecule has 1 saturated heterocycles. The molecule has 0 aliphatic carbocycles. The van der Waals surface area contributed by atoms with E-state index in [9.17, 15) is 30.0 Å². The summed E-state index contributed by atoms with van der Waals surface area (Å²) in [4.78, 5) is 25.4. The second kappa shape index (κ2) is 44.9. The smallest absolute Gasteiger partial charge is 0.306 e. The van der Waals surface area contributed by atoms with Crippen LogP contribution in [0, 0.1) is 0 Å². The lowest BCUT2D eigenvalue weighted by Crippen LogP contribution is -2.59. The van der Waals surface area contributed by atoms with Gasteiger partial charge in [-0.1, -0.05) is 189 Å². The van der Waals surface area contributed by atoms with Crippen molar-refractivity contribution < 1.29 is 49.0 Å². The van der Waals surface area contributed by atoms with E-state index in [-0.39, 0.29) is 26.1 Å². The van der Waals surface area contributed by atoms with Gasteiger partial charge in [-0.2, -0.15) is 0 Å². The summed E-state index contributed by atoms with van der Waals surface area (Å²) < 4.78 is 22.2. The molecular formula is C55H94O10. The van der Waals surface area contributed by atoms with Crippen LogP contribution in [-0.4, -0.2) is 89.0 Å². The summed E-state index contributed by atoms with van der Waals surface area (Å²) >= 11 is 0. The van der Waals surface area contributed by atoms with Gasteiger partial charge in [-0.05, 0) is 77.0 Å². The van der Waals surface area contributed by atoms with Crippen molar-refractivity contribution >= 4 is 11.9 Å². The first kappa shape index (κ1) is 60.2. The van der Waals surface area contributed by atoms with Crippen LogP contribution in [0.15, 0.2) is 72.9 Å². The number of hydrogen-bond donors (Lipinski definition) is 4. The Kier molecular flexibility index (Phi) is 41.6. The molecule has 0 spiro atoms. The molecule has 1 fully saturated rings. The van der Waals surface area contributed by atoms with E-state index in [1.54, 1.807) is 0 Å². The molecule has 0 amide bonds. The van der Waals surface area contributed by atoms with E-state index in [1.807, 2.05) is 12.2 Å². The molecule has 0 aromatic heterocycles. The fraction of sp³-hybridized carbons (Fsp3) is 0.745. The molecule has 0 saturated carbocycles. The number of rotatable bonds is 43.